The zero-order valence-corrected chi connectivity index (χ0v) is 23.2. The lowest BCUT2D eigenvalue weighted by Gasteiger charge is -2.36. The summed E-state index contributed by atoms with van der Waals surface area (Å²) in [6.07, 6.45) is 7.24. The Morgan fingerprint density at radius 3 is 2.46 bits per heavy atom. The number of rotatable bonds is 7. The fraction of sp³-hybridized carbons (Fsp3) is 0.467. The van der Waals surface area contributed by atoms with Crippen molar-refractivity contribution in [3.63, 3.8) is 0 Å². The van der Waals surface area contributed by atoms with Crippen LogP contribution in [0.1, 0.15) is 74.4 Å². The molecule has 4 rings (SSSR count). The normalized spacial score (nSPS) is 15.4. The maximum atomic E-state index is 13.7. The number of carbonyl (C=O) groups excluding carboxylic acids is 1. The van der Waals surface area contributed by atoms with Gasteiger partial charge in [-0.2, -0.15) is 0 Å². The average Bonchev–Trinajstić information content (AvgIpc) is 2.83. The highest BCUT2D eigenvalue weighted by Crippen LogP contribution is 2.39. The molecule has 0 spiro atoms. The topological polar surface area (TPSA) is 51.2 Å². The minimum absolute atomic E-state index is 0.0884. The van der Waals surface area contributed by atoms with Gasteiger partial charge in [0, 0.05) is 28.8 Å². The van der Waals surface area contributed by atoms with Gasteiger partial charge in [-0.15, -0.1) is 0 Å². The van der Waals surface area contributed by atoms with Crippen LogP contribution in [0.25, 0.3) is 10.9 Å². The molecule has 0 bridgehead atoms. The third kappa shape index (κ3) is 5.51. The van der Waals surface area contributed by atoms with Gasteiger partial charge in [0.1, 0.15) is 0 Å². The summed E-state index contributed by atoms with van der Waals surface area (Å²) in [4.78, 5) is 18.6. The molecule has 0 aliphatic heterocycles. The van der Waals surface area contributed by atoms with Crippen LogP contribution in [0.3, 0.4) is 0 Å². The predicted molar refractivity (Wildman–Crippen MR) is 149 cm³/mol. The van der Waals surface area contributed by atoms with E-state index >= 15 is 0 Å². The molecule has 2 aromatic carbocycles. The van der Waals surface area contributed by atoms with Gasteiger partial charge in [0.2, 0.25) is 0 Å². The third-order valence-corrected chi connectivity index (χ3v) is 12.5. The van der Waals surface area contributed by atoms with Crippen molar-refractivity contribution < 1.29 is 9.22 Å². The molecule has 4 nitrogen and oxygen atoms in total. The lowest BCUT2D eigenvalue weighted by atomic mass is 9.83. The smallest absolute Gasteiger partial charge is 0.192 e. The summed E-state index contributed by atoms with van der Waals surface area (Å²) in [5, 5.41) is 4.75. The Labute approximate surface area is 211 Å². The molecule has 186 valence electrons. The predicted octanol–water partition coefficient (Wildman–Crippen LogP) is 8.57. The van der Waals surface area contributed by atoms with Gasteiger partial charge in [-0.25, -0.2) is 0 Å². The molecule has 0 amide bonds. The van der Waals surface area contributed by atoms with E-state index in [0.29, 0.717) is 12.2 Å². The highest BCUT2D eigenvalue weighted by molar-refractivity contribution is 6.74. The summed E-state index contributed by atoms with van der Waals surface area (Å²) in [6, 6.07) is 14.5. The number of Topliss-reactive ketones (excluding diaryl/α,β-unsaturated/α-hetero) is 1. The molecular formula is C30H40N2O2Si. The van der Waals surface area contributed by atoms with Crippen LogP contribution in [0.5, 0.6) is 0 Å². The first kappa shape index (κ1) is 25.6. The molecule has 0 atom stereocenters. The zero-order valence-electron chi connectivity index (χ0n) is 22.2. The zero-order chi connectivity index (χ0) is 25.2. The molecule has 1 N–H and O–H groups in total. The minimum atomic E-state index is -1.91. The number of hydrogen-bond acceptors (Lipinski definition) is 4. The van der Waals surface area contributed by atoms with Crippen molar-refractivity contribution in [1.29, 1.82) is 0 Å². The molecule has 0 radical (unpaired) electrons. The number of aromatic nitrogens is 1. The molecule has 1 fully saturated rings. The number of fused-ring (bicyclic) bond motifs is 1. The first-order valence-corrected chi connectivity index (χ1v) is 15.9. The summed E-state index contributed by atoms with van der Waals surface area (Å²) in [7, 11) is -1.91. The number of nitrogens with zero attached hydrogens (tertiary/aromatic N) is 1. The van der Waals surface area contributed by atoms with E-state index in [4.69, 9.17) is 9.41 Å². The quantitative estimate of drug-likeness (QED) is 0.267. The first-order valence-electron chi connectivity index (χ1n) is 13.0. The number of pyridine rings is 1. The van der Waals surface area contributed by atoms with Gasteiger partial charge in [0.05, 0.1) is 23.4 Å². The number of ketones is 1. The van der Waals surface area contributed by atoms with Crippen LogP contribution < -0.4 is 5.32 Å². The average molecular weight is 489 g/mol. The van der Waals surface area contributed by atoms with Crippen LogP contribution in [0.2, 0.25) is 18.1 Å². The van der Waals surface area contributed by atoms with Crippen molar-refractivity contribution in [2.45, 2.75) is 84.5 Å². The highest BCUT2D eigenvalue weighted by atomic mass is 28.4. The van der Waals surface area contributed by atoms with Crippen LogP contribution in [0.4, 0.5) is 11.4 Å². The Balaban J connectivity index is 1.78. The van der Waals surface area contributed by atoms with E-state index in [0.717, 1.165) is 59.1 Å². The number of benzene rings is 2. The molecule has 1 aliphatic rings. The second kappa shape index (κ2) is 10.2. The number of carbonyl (C=O) groups is 1. The molecule has 3 aromatic rings. The Kier molecular flexibility index (Phi) is 7.48. The first-order chi connectivity index (χ1) is 16.6. The van der Waals surface area contributed by atoms with Gasteiger partial charge in [-0.3, -0.25) is 9.78 Å². The van der Waals surface area contributed by atoms with Crippen molar-refractivity contribution in [2.75, 3.05) is 5.32 Å². The lowest BCUT2D eigenvalue weighted by Crippen LogP contribution is -2.40. The molecular weight excluding hydrogens is 448 g/mol. The molecule has 0 unspecified atom stereocenters. The van der Waals surface area contributed by atoms with Crippen LogP contribution in [0.15, 0.2) is 48.7 Å². The van der Waals surface area contributed by atoms with E-state index in [-0.39, 0.29) is 16.7 Å². The van der Waals surface area contributed by atoms with E-state index < -0.39 is 8.32 Å². The second-order valence-electron chi connectivity index (χ2n) is 11.5. The van der Waals surface area contributed by atoms with Gasteiger partial charge >= 0.3 is 0 Å². The summed E-state index contributed by atoms with van der Waals surface area (Å²) < 4.78 is 6.55. The minimum Gasteiger partial charge on any atom is -0.412 e. The largest absolute Gasteiger partial charge is 0.412 e. The summed E-state index contributed by atoms with van der Waals surface area (Å²) in [5.41, 5.74) is 5.70. The van der Waals surface area contributed by atoms with E-state index in [2.05, 4.69) is 76.4 Å². The highest BCUT2D eigenvalue weighted by Gasteiger charge is 2.37. The van der Waals surface area contributed by atoms with Crippen LogP contribution in [0, 0.1) is 12.8 Å². The molecule has 5 heteroatoms. The van der Waals surface area contributed by atoms with Gasteiger partial charge in [0.25, 0.3) is 0 Å². The summed E-state index contributed by atoms with van der Waals surface area (Å²) in [6.45, 7) is 13.9. The van der Waals surface area contributed by atoms with E-state index in [9.17, 15) is 4.79 Å². The van der Waals surface area contributed by atoms with E-state index in [1.807, 2.05) is 12.1 Å². The fourth-order valence-electron chi connectivity index (χ4n) is 4.63. The van der Waals surface area contributed by atoms with Gasteiger partial charge in [0.15, 0.2) is 14.1 Å². The molecule has 1 heterocycles. The molecule has 0 saturated heterocycles. The van der Waals surface area contributed by atoms with Crippen molar-refractivity contribution in [1.82, 2.24) is 4.98 Å². The number of nitrogens with one attached hydrogen (secondary N) is 1. The maximum absolute atomic E-state index is 13.7. The molecule has 1 aliphatic carbocycles. The Bertz CT molecular complexity index is 1210. The van der Waals surface area contributed by atoms with Gasteiger partial charge < -0.3 is 9.74 Å². The van der Waals surface area contributed by atoms with Crippen LogP contribution in [-0.4, -0.2) is 19.1 Å². The van der Waals surface area contributed by atoms with Crippen molar-refractivity contribution in [3.05, 3.63) is 65.4 Å². The molecule has 1 aromatic heterocycles. The number of para-hydroxylation sites is 2. The van der Waals surface area contributed by atoms with Crippen molar-refractivity contribution in [2.24, 2.45) is 5.92 Å². The molecule has 1 saturated carbocycles. The molecule has 35 heavy (non-hydrogen) atoms. The van der Waals surface area contributed by atoms with Crippen molar-refractivity contribution >= 4 is 36.4 Å². The number of hydrogen-bond donors (Lipinski definition) is 1. The fourth-order valence-corrected chi connectivity index (χ4v) is 5.58. The SMILES string of the molecule is Cc1ccccc1Nc1c(C(=O)C2CCCCC2)cnc2c(CO[Si](C)(C)C(C)(C)C)cccc12. The van der Waals surface area contributed by atoms with Gasteiger partial charge in [-0.1, -0.05) is 76.4 Å². The van der Waals surface area contributed by atoms with Crippen LogP contribution >= 0.6 is 0 Å². The van der Waals surface area contributed by atoms with E-state index in [1.54, 1.807) is 6.20 Å². The Morgan fingerprint density at radius 2 is 1.77 bits per heavy atom. The van der Waals surface area contributed by atoms with Crippen molar-refractivity contribution in [3.8, 4) is 0 Å². The number of aryl methyl sites for hydroxylation is 1. The summed E-state index contributed by atoms with van der Waals surface area (Å²) >= 11 is 0. The monoisotopic (exact) mass is 488 g/mol. The Hall–Kier alpha value is -2.50. The lowest BCUT2D eigenvalue weighted by molar-refractivity contribution is 0.0890. The Morgan fingerprint density at radius 1 is 1.06 bits per heavy atom. The van der Waals surface area contributed by atoms with Gasteiger partial charge in [-0.05, 0) is 49.5 Å². The summed E-state index contributed by atoms with van der Waals surface area (Å²) in [5.74, 6) is 0.309. The standard InChI is InChI=1S/C30H40N2O2Si/c1-21-13-10-11-18-26(21)32-28-24-17-12-16-23(20-34-35(5,6)30(2,3)4)27(24)31-19-25(28)29(33)22-14-8-7-9-15-22/h10-13,16-19,22H,7-9,14-15,20H2,1-6H3,(H,31,32). The maximum Gasteiger partial charge on any atom is 0.192 e. The van der Waals surface area contributed by atoms with Crippen LogP contribution in [-0.2, 0) is 11.0 Å². The third-order valence-electron chi connectivity index (χ3n) is 8.02. The van der Waals surface area contributed by atoms with E-state index in [1.165, 1.54) is 6.42 Å². The second-order valence-corrected chi connectivity index (χ2v) is 16.4. The number of anilines is 2.